The molecule has 4 N–H and O–H groups in total. The molecule has 208 valence electrons. The highest BCUT2D eigenvalue weighted by Gasteiger charge is 2.16. The quantitative estimate of drug-likeness (QED) is 0.134. The lowest BCUT2D eigenvalue weighted by Crippen LogP contribution is -2.30. The molecule has 0 saturated heterocycles. The number of phenols is 1. The SMILES string of the molecule is CCCCCCCCCCCCCCCCCC(=O)NS(=O)(=O)c1ccc(N)cc1.Oc1ccccc1. The molecule has 2 aromatic rings. The van der Waals surface area contributed by atoms with Crippen molar-refractivity contribution in [1.29, 1.82) is 0 Å². The maximum Gasteiger partial charge on any atom is 0.264 e. The highest BCUT2D eigenvalue weighted by Crippen LogP contribution is 2.15. The molecule has 1 amide bonds. The highest BCUT2D eigenvalue weighted by molar-refractivity contribution is 7.90. The van der Waals surface area contributed by atoms with E-state index < -0.39 is 15.9 Å². The molecule has 0 heterocycles. The number of hydrogen-bond acceptors (Lipinski definition) is 5. The van der Waals surface area contributed by atoms with Gasteiger partial charge in [0.2, 0.25) is 5.91 Å². The van der Waals surface area contributed by atoms with Crippen LogP contribution in [-0.4, -0.2) is 19.4 Å². The molecule has 0 atom stereocenters. The van der Waals surface area contributed by atoms with Crippen molar-refractivity contribution in [2.24, 2.45) is 0 Å². The smallest absolute Gasteiger partial charge is 0.264 e. The van der Waals surface area contributed by atoms with Crippen molar-refractivity contribution in [3.63, 3.8) is 0 Å². The zero-order chi connectivity index (χ0) is 27.2. The summed E-state index contributed by atoms with van der Waals surface area (Å²) in [6.45, 7) is 2.26. The largest absolute Gasteiger partial charge is 0.508 e. The molecule has 0 fully saturated rings. The molecule has 7 heteroatoms. The molecule has 2 rings (SSSR count). The van der Waals surface area contributed by atoms with Crippen LogP contribution in [0.3, 0.4) is 0 Å². The monoisotopic (exact) mass is 532 g/mol. The average molecular weight is 533 g/mol. The van der Waals surface area contributed by atoms with Crippen LogP contribution in [0.1, 0.15) is 110 Å². The minimum absolute atomic E-state index is 0.0570. The summed E-state index contributed by atoms with van der Waals surface area (Å²) in [6, 6.07) is 14.5. The van der Waals surface area contributed by atoms with Crippen molar-refractivity contribution in [2.45, 2.75) is 115 Å². The number of rotatable bonds is 18. The topological polar surface area (TPSA) is 109 Å². The van der Waals surface area contributed by atoms with Gasteiger partial charge in [0.25, 0.3) is 10.0 Å². The fraction of sp³-hybridized carbons (Fsp3) is 0.567. The molecular weight excluding hydrogens is 484 g/mol. The van der Waals surface area contributed by atoms with Gasteiger partial charge in [0, 0.05) is 12.1 Å². The summed E-state index contributed by atoms with van der Waals surface area (Å²) in [7, 11) is -3.80. The molecule has 0 saturated carbocycles. The summed E-state index contributed by atoms with van der Waals surface area (Å²) >= 11 is 0. The number of nitrogen functional groups attached to an aromatic ring is 1. The Morgan fingerprint density at radius 2 is 1.14 bits per heavy atom. The van der Waals surface area contributed by atoms with E-state index in [1.165, 1.54) is 101 Å². The van der Waals surface area contributed by atoms with E-state index in [2.05, 4.69) is 11.6 Å². The fourth-order valence-electron chi connectivity index (χ4n) is 3.99. The maximum atomic E-state index is 12.1. The van der Waals surface area contributed by atoms with Gasteiger partial charge >= 0.3 is 0 Å². The summed E-state index contributed by atoms with van der Waals surface area (Å²) in [5.41, 5.74) is 6.04. The molecule has 0 unspecified atom stereocenters. The molecular formula is C30H48N2O4S. The second-order valence-corrected chi connectivity index (χ2v) is 11.3. The molecule has 0 aromatic heterocycles. The Morgan fingerprint density at radius 1 is 0.703 bits per heavy atom. The number of nitrogens with two attached hydrogens (primary N) is 1. The van der Waals surface area contributed by atoms with Gasteiger partial charge < -0.3 is 10.8 Å². The Hall–Kier alpha value is -2.54. The lowest BCUT2D eigenvalue weighted by molar-refractivity contribution is -0.119. The number of amides is 1. The van der Waals surface area contributed by atoms with Crippen LogP contribution in [0.5, 0.6) is 5.75 Å². The number of sulfonamides is 1. The maximum absolute atomic E-state index is 12.1. The van der Waals surface area contributed by atoms with Crippen molar-refractivity contribution in [1.82, 2.24) is 4.72 Å². The lowest BCUT2D eigenvalue weighted by Gasteiger charge is -2.07. The van der Waals surface area contributed by atoms with Crippen LogP contribution >= 0.6 is 0 Å². The standard InChI is InChI=1S/C24H42N2O3S.C6H6O/c1-2-3-4-5-6-7-8-9-10-11-12-13-14-15-16-17-24(27)26-30(28,29)23-20-18-22(25)19-21-23;7-6-4-2-1-3-5-6/h18-21H,2-17,25H2,1H3,(H,26,27);1-5,7H. The Kier molecular flexibility index (Phi) is 18.0. The van der Waals surface area contributed by atoms with Crippen molar-refractivity contribution < 1.29 is 18.3 Å². The number of benzene rings is 2. The summed E-state index contributed by atoms with van der Waals surface area (Å²) in [4.78, 5) is 12.0. The molecule has 2 aromatic carbocycles. The number of carbonyl (C=O) groups excluding carboxylic acids is 1. The molecule has 0 aliphatic carbocycles. The molecule has 6 nitrogen and oxygen atoms in total. The second kappa shape index (κ2) is 20.5. The number of aromatic hydroxyl groups is 1. The Morgan fingerprint density at radius 3 is 1.54 bits per heavy atom. The van der Waals surface area contributed by atoms with Gasteiger partial charge in [-0.05, 0) is 42.8 Å². The van der Waals surface area contributed by atoms with Crippen LogP contribution in [0.15, 0.2) is 59.5 Å². The summed E-state index contributed by atoms with van der Waals surface area (Å²) < 4.78 is 26.4. The normalized spacial score (nSPS) is 10.9. The lowest BCUT2D eigenvalue weighted by atomic mass is 10.0. The fourth-order valence-corrected chi connectivity index (χ4v) is 5.01. The van der Waals surface area contributed by atoms with Gasteiger partial charge in [-0.1, -0.05) is 115 Å². The van der Waals surface area contributed by atoms with Gasteiger partial charge in [-0.15, -0.1) is 0 Å². The van der Waals surface area contributed by atoms with Gasteiger partial charge in [-0.2, -0.15) is 0 Å². The van der Waals surface area contributed by atoms with Crippen LogP contribution in [0.2, 0.25) is 0 Å². The first-order valence-corrected chi connectivity index (χ1v) is 15.5. The van der Waals surface area contributed by atoms with E-state index >= 15 is 0 Å². The predicted molar refractivity (Wildman–Crippen MR) is 154 cm³/mol. The van der Waals surface area contributed by atoms with Crippen molar-refractivity contribution >= 4 is 21.6 Å². The molecule has 0 aliphatic heterocycles. The Bertz CT molecular complexity index is 932. The molecule has 37 heavy (non-hydrogen) atoms. The molecule has 0 aliphatic rings. The predicted octanol–water partition coefficient (Wildman–Crippen LogP) is 7.73. The first-order valence-electron chi connectivity index (χ1n) is 14.0. The van der Waals surface area contributed by atoms with Gasteiger partial charge in [0.05, 0.1) is 4.90 Å². The van der Waals surface area contributed by atoms with E-state index in [0.29, 0.717) is 11.4 Å². The Labute approximate surface area is 225 Å². The number of anilines is 1. The number of unbranched alkanes of at least 4 members (excludes halogenated alkanes) is 14. The zero-order valence-corrected chi connectivity index (χ0v) is 23.5. The van der Waals surface area contributed by atoms with Crippen LogP contribution in [0.25, 0.3) is 0 Å². The molecule has 0 radical (unpaired) electrons. The number of hydrogen-bond donors (Lipinski definition) is 3. The second-order valence-electron chi connectivity index (χ2n) is 9.63. The number of phenolic OH excluding ortho intramolecular Hbond substituents is 1. The summed E-state index contributed by atoms with van der Waals surface area (Å²) in [6.07, 6.45) is 19.2. The third kappa shape index (κ3) is 17.5. The number of carbonyl (C=O) groups is 1. The number of para-hydroxylation sites is 1. The van der Waals surface area contributed by atoms with E-state index in [1.807, 2.05) is 6.07 Å². The van der Waals surface area contributed by atoms with E-state index in [0.717, 1.165) is 19.3 Å². The van der Waals surface area contributed by atoms with E-state index in [1.54, 1.807) is 24.3 Å². The van der Waals surface area contributed by atoms with Crippen molar-refractivity contribution in [3.05, 3.63) is 54.6 Å². The van der Waals surface area contributed by atoms with Gasteiger partial charge in [-0.3, -0.25) is 4.79 Å². The zero-order valence-electron chi connectivity index (χ0n) is 22.7. The van der Waals surface area contributed by atoms with Gasteiger partial charge in [0.1, 0.15) is 5.75 Å². The summed E-state index contributed by atoms with van der Waals surface area (Å²) in [5.74, 6) is -0.121. The average Bonchev–Trinajstić information content (AvgIpc) is 2.87. The minimum atomic E-state index is -3.80. The van der Waals surface area contributed by atoms with Crippen LogP contribution < -0.4 is 10.5 Å². The van der Waals surface area contributed by atoms with E-state index in [4.69, 9.17) is 10.8 Å². The molecule has 0 spiro atoms. The first kappa shape index (κ1) is 32.5. The van der Waals surface area contributed by atoms with E-state index in [-0.39, 0.29) is 11.3 Å². The third-order valence-corrected chi connectivity index (χ3v) is 7.59. The highest BCUT2D eigenvalue weighted by atomic mass is 32.2. The number of nitrogens with one attached hydrogen (secondary N) is 1. The van der Waals surface area contributed by atoms with Gasteiger partial charge in [0.15, 0.2) is 0 Å². The van der Waals surface area contributed by atoms with Crippen LogP contribution in [-0.2, 0) is 14.8 Å². The minimum Gasteiger partial charge on any atom is -0.508 e. The first-order chi connectivity index (χ1) is 17.8. The van der Waals surface area contributed by atoms with Crippen LogP contribution in [0.4, 0.5) is 5.69 Å². The third-order valence-electron chi connectivity index (χ3n) is 6.20. The van der Waals surface area contributed by atoms with Crippen molar-refractivity contribution in [3.8, 4) is 5.75 Å². The summed E-state index contributed by atoms with van der Waals surface area (Å²) in [5, 5.41) is 8.63. The Balaban J connectivity index is 0.000000836. The van der Waals surface area contributed by atoms with Gasteiger partial charge in [-0.25, -0.2) is 13.1 Å². The van der Waals surface area contributed by atoms with E-state index in [9.17, 15) is 13.2 Å². The van der Waals surface area contributed by atoms with Crippen molar-refractivity contribution in [2.75, 3.05) is 5.73 Å². The molecule has 0 bridgehead atoms. The van der Waals surface area contributed by atoms with Crippen LogP contribution in [0, 0.1) is 0 Å².